The molecule has 2 N–H and O–H groups in total. The molecule has 0 bridgehead atoms. The molecule has 0 radical (unpaired) electrons. The number of carbonyl (C=O) groups is 2. The summed E-state index contributed by atoms with van der Waals surface area (Å²) in [6.07, 6.45) is 1.34. The van der Waals surface area contributed by atoms with Crippen LogP contribution in [0.4, 0.5) is 0 Å². The molecule has 6 nitrogen and oxygen atoms in total. The van der Waals surface area contributed by atoms with Gasteiger partial charge in [-0.1, -0.05) is 48.5 Å². The number of nitrogens with one attached hydrogen (secondary N) is 2. The molecule has 2 aromatic carbocycles. The Hall–Kier alpha value is -2.86. The summed E-state index contributed by atoms with van der Waals surface area (Å²) >= 11 is 0. The molecule has 2 aliphatic rings. The van der Waals surface area contributed by atoms with Crippen molar-refractivity contribution in [3.05, 3.63) is 65.7 Å². The van der Waals surface area contributed by atoms with Gasteiger partial charge < -0.3 is 15.4 Å². The number of nitrogens with zero attached hydrogens (tertiary/aromatic N) is 1. The molecule has 152 valence electrons. The molecular formula is C23H27N3O3. The van der Waals surface area contributed by atoms with Gasteiger partial charge >= 0.3 is 0 Å². The largest absolute Gasteiger partial charge is 0.496 e. The van der Waals surface area contributed by atoms with E-state index in [2.05, 4.69) is 27.7 Å². The van der Waals surface area contributed by atoms with Crippen LogP contribution in [0.5, 0.6) is 5.75 Å². The maximum absolute atomic E-state index is 12.7. The number of methoxy groups -OCH3 is 1. The molecule has 6 heteroatoms. The van der Waals surface area contributed by atoms with Crippen molar-refractivity contribution in [2.75, 3.05) is 20.2 Å². The molecule has 2 fully saturated rings. The van der Waals surface area contributed by atoms with Gasteiger partial charge in [0.25, 0.3) is 0 Å². The van der Waals surface area contributed by atoms with Gasteiger partial charge in [-0.05, 0) is 31.0 Å². The highest BCUT2D eigenvalue weighted by molar-refractivity contribution is 5.94. The van der Waals surface area contributed by atoms with Gasteiger partial charge in [-0.25, -0.2) is 0 Å². The predicted octanol–water partition coefficient (Wildman–Crippen LogP) is 2.09. The van der Waals surface area contributed by atoms with Crippen LogP contribution in [0, 0.1) is 5.41 Å². The Morgan fingerprint density at radius 1 is 1.21 bits per heavy atom. The molecule has 2 heterocycles. The van der Waals surface area contributed by atoms with Crippen LogP contribution >= 0.6 is 0 Å². The zero-order chi connectivity index (χ0) is 20.3. The third kappa shape index (κ3) is 4.12. The van der Waals surface area contributed by atoms with Crippen LogP contribution in [-0.2, 0) is 22.7 Å². The van der Waals surface area contributed by atoms with Gasteiger partial charge in [0, 0.05) is 25.2 Å². The van der Waals surface area contributed by atoms with E-state index in [0.717, 1.165) is 30.8 Å². The van der Waals surface area contributed by atoms with Crippen LogP contribution in [0.25, 0.3) is 0 Å². The third-order valence-corrected chi connectivity index (χ3v) is 6.03. The maximum Gasteiger partial charge on any atom is 0.242 e. The molecule has 2 atom stereocenters. The van der Waals surface area contributed by atoms with Crippen molar-refractivity contribution in [3.63, 3.8) is 0 Å². The van der Waals surface area contributed by atoms with Gasteiger partial charge in [0.05, 0.1) is 12.5 Å². The lowest BCUT2D eigenvalue weighted by molar-refractivity contribution is -0.128. The molecule has 2 aromatic rings. The van der Waals surface area contributed by atoms with E-state index in [1.165, 1.54) is 5.56 Å². The predicted molar refractivity (Wildman–Crippen MR) is 110 cm³/mol. The number of para-hydroxylation sites is 1. The van der Waals surface area contributed by atoms with E-state index < -0.39 is 11.5 Å². The molecule has 2 aliphatic heterocycles. The Morgan fingerprint density at radius 3 is 2.76 bits per heavy atom. The molecule has 2 saturated heterocycles. The summed E-state index contributed by atoms with van der Waals surface area (Å²) in [5, 5.41) is 5.87. The average Bonchev–Trinajstić information content (AvgIpc) is 3.30. The number of carbonyl (C=O) groups excluding carboxylic acids is 2. The first-order chi connectivity index (χ1) is 14.1. The average molecular weight is 393 g/mol. The first-order valence-corrected chi connectivity index (χ1v) is 10.1. The lowest BCUT2D eigenvalue weighted by Crippen LogP contribution is -2.41. The molecular weight excluding hydrogens is 366 g/mol. The smallest absolute Gasteiger partial charge is 0.242 e. The van der Waals surface area contributed by atoms with Crippen LogP contribution in [0.3, 0.4) is 0 Å². The van der Waals surface area contributed by atoms with Gasteiger partial charge in [-0.2, -0.15) is 0 Å². The van der Waals surface area contributed by atoms with Crippen molar-refractivity contribution >= 4 is 11.8 Å². The topological polar surface area (TPSA) is 70.7 Å². The summed E-state index contributed by atoms with van der Waals surface area (Å²) in [5.74, 6) is 0.611. The van der Waals surface area contributed by atoms with E-state index >= 15 is 0 Å². The number of rotatable bonds is 6. The van der Waals surface area contributed by atoms with Crippen molar-refractivity contribution in [3.8, 4) is 5.75 Å². The molecule has 29 heavy (non-hydrogen) atoms. The standard InChI is InChI=1S/C23H27N3O3/c1-29-20-10-6-5-9-18(20)14-24-21(27)19-13-23(22(28)25-19)11-12-26(16-23)15-17-7-3-2-4-8-17/h2-10,19H,11-16H2,1H3,(H,24,27)(H,25,28)/t19-,23-/m0/s1. The summed E-state index contributed by atoms with van der Waals surface area (Å²) in [6, 6.07) is 17.4. The lowest BCUT2D eigenvalue weighted by Gasteiger charge is -2.21. The number of likely N-dealkylation sites (tertiary alicyclic amines) is 1. The summed E-state index contributed by atoms with van der Waals surface area (Å²) in [7, 11) is 1.61. The second-order valence-corrected chi connectivity index (χ2v) is 7.99. The van der Waals surface area contributed by atoms with Crippen LogP contribution in [0.2, 0.25) is 0 Å². The highest BCUT2D eigenvalue weighted by Gasteiger charge is 2.52. The fraction of sp³-hybridized carbons (Fsp3) is 0.391. The number of hydrogen-bond donors (Lipinski definition) is 2. The first kappa shape index (κ1) is 19.5. The second kappa shape index (κ2) is 8.25. The fourth-order valence-corrected chi connectivity index (χ4v) is 4.45. The van der Waals surface area contributed by atoms with Gasteiger partial charge in [-0.3, -0.25) is 14.5 Å². The Bertz CT molecular complexity index is 886. The Kier molecular flexibility index (Phi) is 5.53. The van der Waals surface area contributed by atoms with E-state index in [9.17, 15) is 9.59 Å². The number of amides is 2. The van der Waals surface area contributed by atoms with Gasteiger partial charge in [0.15, 0.2) is 0 Å². The molecule has 0 saturated carbocycles. The van der Waals surface area contributed by atoms with Crippen LogP contribution in [-0.4, -0.2) is 43.0 Å². The van der Waals surface area contributed by atoms with Gasteiger partial charge in [0.2, 0.25) is 11.8 Å². The zero-order valence-electron chi connectivity index (χ0n) is 16.7. The Labute approximate surface area is 171 Å². The Balaban J connectivity index is 1.34. The van der Waals surface area contributed by atoms with Crippen molar-refractivity contribution in [1.29, 1.82) is 0 Å². The highest BCUT2D eigenvalue weighted by atomic mass is 16.5. The zero-order valence-corrected chi connectivity index (χ0v) is 16.7. The van der Waals surface area contributed by atoms with Crippen LogP contribution < -0.4 is 15.4 Å². The minimum atomic E-state index is -0.478. The summed E-state index contributed by atoms with van der Waals surface area (Å²) < 4.78 is 5.33. The normalized spacial score (nSPS) is 23.9. The molecule has 0 aliphatic carbocycles. The van der Waals surface area contributed by atoms with Crippen molar-refractivity contribution in [2.45, 2.75) is 32.0 Å². The van der Waals surface area contributed by atoms with Crippen molar-refractivity contribution in [1.82, 2.24) is 15.5 Å². The van der Waals surface area contributed by atoms with Crippen molar-refractivity contribution < 1.29 is 14.3 Å². The quantitative estimate of drug-likeness (QED) is 0.789. The number of hydrogen-bond acceptors (Lipinski definition) is 4. The van der Waals surface area contributed by atoms with E-state index in [-0.39, 0.29) is 11.8 Å². The highest BCUT2D eigenvalue weighted by Crippen LogP contribution is 2.40. The minimum Gasteiger partial charge on any atom is -0.496 e. The minimum absolute atomic E-state index is 0.00510. The number of benzene rings is 2. The molecule has 4 rings (SSSR count). The summed E-state index contributed by atoms with van der Waals surface area (Å²) in [4.78, 5) is 27.8. The van der Waals surface area contributed by atoms with Gasteiger partial charge in [0.1, 0.15) is 11.8 Å². The van der Waals surface area contributed by atoms with Crippen LogP contribution in [0.1, 0.15) is 24.0 Å². The monoisotopic (exact) mass is 393 g/mol. The van der Waals surface area contributed by atoms with E-state index in [1.807, 2.05) is 42.5 Å². The SMILES string of the molecule is COc1ccccc1CNC(=O)[C@@H]1C[C@]2(CCN(Cc3ccccc3)C2)C(=O)N1. The molecule has 0 aromatic heterocycles. The third-order valence-electron chi connectivity index (χ3n) is 6.03. The molecule has 2 amide bonds. The van der Waals surface area contributed by atoms with Crippen molar-refractivity contribution in [2.24, 2.45) is 5.41 Å². The lowest BCUT2D eigenvalue weighted by atomic mass is 9.84. The first-order valence-electron chi connectivity index (χ1n) is 10.1. The van der Waals surface area contributed by atoms with Gasteiger partial charge in [-0.15, -0.1) is 0 Å². The molecule has 1 spiro atoms. The fourth-order valence-electron chi connectivity index (χ4n) is 4.45. The maximum atomic E-state index is 12.7. The molecule has 0 unspecified atom stereocenters. The number of ether oxygens (including phenoxy) is 1. The summed E-state index contributed by atoms with van der Waals surface area (Å²) in [6.45, 7) is 2.78. The van der Waals surface area contributed by atoms with E-state index in [4.69, 9.17) is 4.74 Å². The van der Waals surface area contributed by atoms with E-state index in [1.54, 1.807) is 7.11 Å². The Morgan fingerprint density at radius 2 is 1.97 bits per heavy atom. The summed E-state index contributed by atoms with van der Waals surface area (Å²) in [5.41, 5.74) is 1.70. The second-order valence-electron chi connectivity index (χ2n) is 7.99. The van der Waals surface area contributed by atoms with E-state index in [0.29, 0.717) is 19.5 Å². The van der Waals surface area contributed by atoms with Crippen LogP contribution in [0.15, 0.2) is 54.6 Å².